The summed E-state index contributed by atoms with van der Waals surface area (Å²) in [7, 11) is 1.00. The van der Waals surface area contributed by atoms with E-state index in [0.717, 1.165) is 31.2 Å². The van der Waals surface area contributed by atoms with Gasteiger partial charge in [-0.05, 0) is 77.0 Å². The van der Waals surface area contributed by atoms with E-state index in [9.17, 15) is 0 Å². The van der Waals surface area contributed by atoms with Crippen LogP contribution in [0.2, 0.25) is 0 Å². The number of aliphatic hydroxyl groups excluding tert-OH is 1. The zero-order chi connectivity index (χ0) is 25.5. The van der Waals surface area contributed by atoms with E-state index >= 15 is 0 Å². The van der Waals surface area contributed by atoms with E-state index in [-0.39, 0.29) is 0 Å². The highest BCUT2D eigenvalue weighted by atomic mass is 16.2. The number of allylic oxidation sites excluding steroid dienone is 5. The van der Waals surface area contributed by atoms with Gasteiger partial charge in [-0.15, -0.1) is 0 Å². The lowest BCUT2D eigenvalue weighted by Gasteiger charge is -2.34. The molecule has 196 valence electrons. The maximum atomic E-state index is 7.00. The predicted octanol–water partition coefficient (Wildman–Crippen LogP) is 8.25. The number of hydrogen-bond donors (Lipinski definition) is 2. The standard InChI is InChI=1S/C15H25N.C12H25N.C2H6.CH4O/c1-4-12(2)6-5-7-13(3)14-8-10-15(16)11-9-14;1-3-8-12(9-4-2)13-10-6-5-7-11-13;2*1-2/h7-8,10-12,14H,4-6,9,16H2,1-3H3;12H,3-11H2,1-2H3;1-2H3;2H,1H3/b13-7+;;;. The Kier molecular flexibility index (Phi) is 24.9. The summed E-state index contributed by atoms with van der Waals surface area (Å²) in [6.45, 7) is 18.2. The number of likely N-dealkylation sites (tertiary alicyclic amines) is 1. The van der Waals surface area contributed by atoms with Gasteiger partial charge in [0, 0.05) is 24.8 Å². The van der Waals surface area contributed by atoms with E-state index in [1.807, 2.05) is 19.9 Å². The van der Waals surface area contributed by atoms with Crippen LogP contribution in [0.3, 0.4) is 0 Å². The van der Waals surface area contributed by atoms with Gasteiger partial charge < -0.3 is 15.7 Å². The van der Waals surface area contributed by atoms with Gasteiger partial charge in [-0.1, -0.05) is 91.0 Å². The number of nitrogens with two attached hydrogens (primary N) is 1. The van der Waals surface area contributed by atoms with Crippen LogP contribution in [-0.4, -0.2) is 36.2 Å². The molecule has 0 radical (unpaired) electrons. The van der Waals surface area contributed by atoms with E-state index in [4.69, 9.17) is 10.8 Å². The normalized spacial score (nSPS) is 19.3. The quantitative estimate of drug-likeness (QED) is 0.320. The minimum atomic E-state index is 0.573. The molecule has 2 aliphatic rings. The molecule has 1 aliphatic heterocycles. The molecule has 0 aromatic carbocycles. The molecule has 1 fully saturated rings. The van der Waals surface area contributed by atoms with Gasteiger partial charge in [0.05, 0.1) is 0 Å². The lowest BCUT2D eigenvalue weighted by Crippen LogP contribution is -2.39. The van der Waals surface area contributed by atoms with Crippen LogP contribution in [-0.2, 0) is 0 Å². The van der Waals surface area contributed by atoms with Crippen LogP contribution in [0.25, 0.3) is 0 Å². The van der Waals surface area contributed by atoms with Crippen LogP contribution >= 0.6 is 0 Å². The Bertz CT molecular complexity index is 497. The molecule has 3 nitrogen and oxygen atoms in total. The van der Waals surface area contributed by atoms with E-state index in [0.29, 0.717) is 5.92 Å². The highest BCUT2D eigenvalue weighted by Gasteiger charge is 2.18. The van der Waals surface area contributed by atoms with Crippen molar-refractivity contribution in [3.63, 3.8) is 0 Å². The van der Waals surface area contributed by atoms with Crippen LogP contribution in [0.1, 0.15) is 119 Å². The molecule has 0 amide bonds. The van der Waals surface area contributed by atoms with Crippen molar-refractivity contribution < 1.29 is 5.11 Å². The smallest absolute Gasteiger partial charge is 0.0319 e. The summed E-state index contributed by atoms with van der Waals surface area (Å²) in [5.74, 6) is 1.42. The average molecular weight is 465 g/mol. The maximum absolute atomic E-state index is 7.00. The molecule has 1 saturated heterocycles. The lowest BCUT2D eigenvalue weighted by atomic mass is 9.91. The molecule has 3 heteroatoms. The fraction of sp³-hybridized carbons (Fsp3) is 0.800. The minimum Gasteiger partial charge on any atom is -0.400 e. The molecular weight excluding hydrogens is 404 g/mol. The molecule has 0 bridgehead atoms. The van der Waals surface area contributed by atoms with E-state index in [2.05, 4.69) is 57.7 Å². The molecule has 0 saturated carbocycles. The molecule has 0 aromatic rings. The highest BCUT2D eigenvalue weighted by molar-refractivity contribution is 5.25. The van der Waals surface area contributed by atoms with E-state index in [1.54, 1.807) is 0 Å². The van der Waals surface area contributed by atoms with Gasteiger partial charge in [-0.2, -0.15) is 0 Å². The Balaban J connectivity index is 0. The fourth-order valence-corrected chi connectivity index (χ4v) is 4.39. The Morgan fingerprint density at radius 1 is 1.06 bits per heavy atom. The van der Waals surface area contributed by atoms with Gasteiger partial charge in [-0.3, -0.25) is 0 Å². The molecule has 1 heterocycles. The van der Waals surface area contributed by atoms with Crippen molar-refractivity contribution in [2.24, 2.45) is 17.6 Å². The van der Waals surface area contributed by atoms with Crippen LogP contribution in [0, 0.1) is 11.8 Å². The van der Waals surface area contributed by atoms with Gasteiger partial charge in [-0.25, -0.2) is 0 Å². The van der Waals surface area contributed by atoms with Crippen LogP contribution in [0.4, 0.5) is 0 Å². The summed E-state index contributed by atoms with van der Waals surface area (Å²) < 4.78 is 0. The molecule has 33 heavy (non-hydrogen) atoms. The Morgan fingerprint density at radius 2 is 1.64 bits per heavy atom. The second-order valence-corrected chi connectivity index (χ2v) is 9.27. The van der Waals surface area contributed by atoms with Crippen molar-refractivity contribution in [1.29, 1.82) is 0 Å². The Morgan fingerprint density at radius 3 is 2.09 bits per heavy atom. The molecule has 3 N–H and O–H groups in total. The first kappa shape index (κ1) is 34.1. The average Bonchev–Trinajstić information content (AvgIpc) is 2.87. The first-order valence-corrected chi connectivity index (χ1v) is 14.0. The topological polar surface area (TPSA) is 49.5 Å². The van der Waals surface area contributed by atoms with E-state index < -0.39 is 0 Å². The second-order valence-electron chi connectivity index (χ2n) is 9.27. The Labute approximate surface area is 208 Å². The summed E-state index contributed by atoms with van der Waals surface area (Å²) in [5, 5.41) is 7.00. The largest absolute Gasteiger partial charge is 0.400 e. The summed E-state index contributed by atoms with van der Waals surface area (Å²) in [6, 6.07) is 0.898. The third-order valence-corrected chi connectivity index (χ3v) is 6.69. The molecule has 2 unspecified atom stereocenters. The number of aliphatic hydroxyl groups is 1. The molecule has 2 rings (SSSR count). The number of piperidine rings is 1. The minimum absolute atomic E-state index is 0.573. The van der Waals surface area contributed by atoms with Gasteiger partial charge in [0.25, 0.3) is 0 Å². The maximum Gasteiger partial charge on any atom is 0.0319 e. The molecule has 0 aromatic heterocycles. The summed E-state index contributed by atoms with van der Waals surface area (Å²) in [4.78, 5) is 2.73. The predicted molar refractivity (Wildman–Crippen MR) is 150 cm³/mol. The van der Waals surface area contributed by atoms with Crippen LogP contribution in [0.15, 0.2) is 35.6 Å². The van der Waals surface area contributed by atoms with Crippen molar-refractivity contribution in [2.45, 2.75) is 125 Å². The zero-order valence-corrected chi connectivity index (χ0v) is 23.7. The number of rotatable bonds is 10. The fourth-order valence-electron chi connectivity index (χ4n) is 4.39. The van der Waals surface area contributed by atoms with Gasteiger partial charge in [0.15, 0.2) is 0 Å². The van der Waals surface area contributed by atoms with Crippen molar-refractivity contribution >= 4 is 0 Å². The third kappa shape index (κ3) is 17.1. The van der Waals surface area contributed by atoms with Crippen molar-refractivity contribution in [3.05, 3.63) is 35.6 Å². The molecular formula is C30H60N2O. The van der Waals surface area contributed by atoms with E-state index in [1.165, 1.54) is 82.9 Å². The van der Waals surface area contributed by atoms with Gasteiger partial charge in [0.1, 0.15) is 0 Å². The summed E-state index contributed by atoms with van der Waals surface area (Å²) in [5.41, 5.74) is 8.11. The summed E-state index contributed by atoms with van der Waals surface area (Å²) in [6.07, 6.45) is 23.5. The Hall–Kier alpha value is -1.06. The SMILES string of the molecule is CC.CCC(C)CC/C=C(\C)C1C=CC(N)=CC1.CCCC(CCC)N1CCCCC1.CO. The zero-order valence-electron chi connectivity index (χ0n) is 23.7. The molecule has 2 atom stereocenters. The first-order valence-electron chi connectivity index (χ1n) is 14.0. The van der Waals surface area contributed by atoms with Crippen molar-refractivity contribution in [2.75, 3.05) is 20.2 Å². The third-order valence-electron chi connectivity index (χ3n) is 6.69. The van der Waals surface area contributed by atoms with Crippen molar-refractivity contribution in [3.8, 4) is 0 Å². The highest BCUT2D eigenvalue weighted by Crippen LogP contribution is 2.23. The number of hydrogen-bond acceptors (Lipinski definition) is 3. The molecule has 0 spiro atoms. The molecule has 1 aliphatic carbocycles. The lowest BCUT2D eigenvalue weighted by molar-refractivity contribution is 0.146. The van der Waals surface area contributed by atoms with Crippen LogP contribution < -0.4 is 5.73 Å². The monoisotopic (exact) mass is 464 g/mol. The summed E-state index contributed by atoms with van der Waals surface area (Å²) >= 11 is 0. The van der Waals surface area contributed by atoms with Gasteiger partial charge >= 0.3 is 0 Å². The van der Waals surface area contributed by atoms with Gasteiger partial charge in [0.2, 0.25) is 0 Å². The second kappa shape index (κ2) is 24.1. The number of nitrogens with zero attached hydrogens (tertiary/aromatic N) is 1. The van der Waals surface area contributed by atoms with Crippen LogP contribution in [0.5, 0.6) is 0 Å². The van der Waals surface area contributed by atoms with Crippen molar-refractivity contribution in [1.82, 2.24) is 4.90 Å². The first-order chi connectivity index (χ1) is 16.0.